The second kappa shape index (κ2) is 7.99. The summed E-state index contributed by atoms with van der Waals surface area (Å²) in [4.78, 5) is 12.3. The molecule has 0 radical (unpaired) electrons. The fourth-order valence-electron chi connectivity index (χ4n) is 2.82. The number of nitrogens with one attached hydrogen (secondary N) is 2. The minimum atomic E-state index is -0.217. The van der Waals surface area contributed by atoms with Crippen LogP contribution < -0.4 is 10.6 Å². The van der Waals surface area contributed by atoms with Crippen molar-refractivity contribution in [2.24, 2.45) is 0 Å². The van der Waals surface area contributed by atoms with Gasteiger partial charge in [0.15, 0.2) is 0 Å². The predicted octanol–water partition coefficient (Wildman–Crippen LogP) is 3.28. The molecule has 1 aromatic carbocycles. The molecule has 0 spiro atoms. The van der Waals surface area contributed by atoms with Crippen LogP contribution >= 0.6 is 11.6 Å². The van der Waals surface area contributed by atoms with Crippen molar-refractivity contribution in [2.45, 2.75) is 44.4 Å². The molecule has 23 heavy (non-hydrogen) atoms. The van der Waals surface area contributed by atoms with E-state index in [1.165, 1.54) is 0 Å². The van der Waals surface area contributed by atoms with Crippen molar-refractivity contribution in [1.29, 1.82) is 0 Å². The summed E-state index contributed by atoms with van der Waals surface area (Å²) in [5, 5.41) is 6.67. The van der Waals surface area contributed by atoms with Crippen LogP contribution in [0, 0.1) is 0 Å². The van der Waals surface area contributed by atoms with Crippen molar-refractivity contribution < 1.29 is 14.3 Å². The van der Waals surface area contributed by atoms with Crippen molar-refractivity contribution in [3.63, 3.8) is 0 Å². The first-order valence-electron chi connectivity index (χ1n) is 7.85. The number of hydrogen-bond acceptors (Lipinski definition) is 3. The summed E-state index contributed by atoms with van der Waals surface area (Å²) in [5.41, 5.74) is 0.761. The first-order valence-corrected chi connectivity index (χ1v) is 8.23. The van der Waals surface area contributed by atoms with Crippen LogP contribution in [0.1, 0.15) is 38.3 Å². The summed E-state index contributed by atoms with van der Waals surface area (Å²) < 4.78 is 10.9. The van der Waals surface area contributed by atoms with Crippen molar-refractivity contribution in [2.75, 3.05) is 20.3 Å². The summed E-state index contributed by atoms with van der Waals surface area (Å²) >= 11 is 5.91. The number of carbonyl (C=O) groups is 1. The second-order valence-corrected chi connectivity index (χ2v) is 6.91. The Labute approximate surface area is 142 Å². The van der Waals surface area contributed by atoms with Crippen LogP contribution in [0.2, 0.25) is 5.02 Å². The number of amides is 2. The zero-order valence-electron chi connectivity index (χ0n) is 13.9. The average Bonchev–Trinajstić information content (AvgIpc) is 2.46. The average molecular weight is 341 g/mol. The highest BCUT2D eigenvalue weighted by Crippen LogP contribution is 2.24. The van der Waals surface area contributed by atoms with E-state index in [2.05, 4.69) is 10.6 Å². The summed E-state index contributed by atoms with van der Waals surface area (Å²) in [6, 6.07) is 7.11. The number of hydrogen-bond donors (Lipinski definition) is 2. The van der Waals surface area contributed by atoms with E-state index < -0.39 is 0 Å². The van der Waals surface area contributed by atoms with Crippen molar-refractivity contribution >= 4 is 17.6 Å². The summed E-state index contributed by atoms with van der Waals surface area (Å²) in [5.74, 6) is 0. The van der Waals surface area contributed by atoms with Gasteiger partial charge in [-0.3, -0.25) is 0 Å². The molecule has 2 N–H and O–H groups in total. The molecule has 2 atom stereocenters. The molecule has 2 unspecified atom stereocenters. The molecule has 6 heteroatoms. The van der Waals surface area contributed by atoms with Gasteiger partial charge in [-0.05, 0) is 44.4 Å². The predicted molar refractivity (Wildman–Crippen MR) is 90.8 cm³/mol. The second-order valence-electron chi connectivity index (χ2n) is 6.48. The number of urea groups is 1. The van der Waals surface area contributed by atoms with Gasteiger partial charge in [-0.15, -0.1) is 0 Å². The summed E-state index contributed by atoms with van der Waals surface area (Å²) in [6.45, 7) is 5.14. The van der Waals surface area contributed by atoms with Gasteiger partial charge in [0, 0.05) is 24.8 Å². The number of carbonyl (C=O) groups excluding carboxylic acids is 1. The quantitative estimate of drug-likeness (QED) is 0.864. The molecule has 5 nitrogen and oxygen atoms in total. The Kier molecular flexibility index (Phi) is 6.27. The summed E-state index contributed by atoms with van der Waals surface area (Å²) in [7, 11) is 1.61. The fraction of sp³-hybridized carbons (Fsp3) is 0.588. The lowest BCUT2D eigenvalue weighted by Crippen LogP contribution is -2.49. The van der Waals surface area contributed by atoms with Crippen molar-refractivity contribution in [1.82, 2.24) is 10.6 Å². The van der Waals surface area contributed by atoms with Crippen molar-refractivity contribution in [3.8, 4) is 0 Å². The highest BCUT2D eigenvalue weighted by atomic mass is 35.5. The van der Waals surface area contributed by atoms with Gasteiger partial charge >= 0.3 is 6.03 Å². The first-order chi connectivity index (χ1) is 10.9. The van der Waals surface area contributed by atoms with Gasteiger partial charge in [0.2, 0.25) is 0 Å². The smallest absolute Gasteiger partial charge is 0.315 e. The number of halogens is 1. The maximum absolute atomic E-state index is 12.3. The Balaban J connectivity index is 1.94. The Bertz CT molecular complexity index is 519. The minimum absolute atomic E-state index is 0.118. The molecule has 1 aromatic rings. The van der Waals surface area contributed by atoms with E-state index in [1.54, 1.807) is 19.2 Å². The SMILES string of the molecule is COCC(NC(=O)NC1CCOC(C)(C)C1)c1ccc(Cl)cc1. The molecular formula is C17H25ClN2O3. The number of benzene rings is 1. The fourth-order valence-corrected chi connectivity index (χ4v) is 2.95. The van der Waals surface area contributed by atoms with Gasteiger partial charge in [0.05, 0.1) is 18.2 Å². The van der Waals surface area contributed by atoms with E-state index in [-0.39, 0.29) is 23.7 Å². The normalized spacial score (nSPS) is 21.5. The van der Waals surface area contributed by atoms with Gasteiger partial charge in [0.25, 0.3) is 0 Å². The molecule has 2 rings (SSSR count). The largest absolute Gasteiger partial charge is 0.382 e. The molecule has 1 aliphatic heterocycles. The van der Waals surface area contributed by atoms with E-state index in [0.29, 0.717) is 18.2 Å². The highest BCUT2D eigenvalue weighted by molar-refractivity contribution is 6.30. The Morgan fingerprint density at radius 2 is 2.13 bits per heavy atom. The lowest BCUT2D eigenvalue weighted by Gasteiger charge is -2.36. The van der Waals surface area contributed by atoms with Crippen LogP contribution in [0.5, 0.6) is 0 Å². The van der Waals surface area contributed by atoms with E-state index in [1.807, 2.05) is 26.0 Å². The van der Waals surface area contributed by atoms with Crippen LogP contribution in [0.3, 0.4) is 0 Å². The maximum atomic E-state index is 12.3. The minimum Gasteiger partial charge on any atom is -0.382 e. The molecule has 1 fully saturated rings. The van der Waals surface area contributed by atoms with Gasteiger partial charge < -0.3 is 20.1 Å². The van der Waals surface area contributed by atoms with E-state index in [9.17, 15) is 4.79 Å². The van der Waals surface area contributed by atoms with Crippen LogP contribution in [0.25, 0.3) is 0 Å². The maximum Gasteiger partial charge on any atom is 0.315 e. The molecule has 128 valence electrons. The monoisotopic (exact) mass is 340 g/mol. The van der Waals surface area contributed by atoms with E-state index >= 15 is 0 Å². The molecule has 0 aliphatic carbocycles. The number of methoxy groups -OCH3 is 1. The van der Waals surface area contributed by atoms with E-state index in [4.69, 9.17) is 21.1 Å². The molecule has 1 aliphatic rings. The third-order valence-electron chi connectivity index (χ3n) is 3.94. The van der Waals surface area contributed by atoms with Crippen LogP contribution in [0.15, 0.2) is 24.3 Å². The molecule has 0 saturated carbocycles. The Morgan fingerprint density at radius 3 is 2.74 bits per heavy atom. The highest BCUT2D eigenvalue weighted by Gasteiger charge is 2.30. The van der Waals surface area contributed by atoms with Crippen LogP contribution in [-0.4, -0.2) is 38.0 Å². The molecule has 0 bridgehead atoms. The molecule has 1 heterocycles. The van der Waals surface area contributed by atoms with Crippen molar-refractivity contribution in [3.05, 3.63) is 34.9 Å². The van der Waals surface area contributed by atoms with Gasteiger partial charge in [-0.1, -0.05) is 23.7 Å². The molecule has 2 amide bonds. The van der Waals surface area contributed by atoms with Crippen LogP contribution in [0.4, 0.5) is 4.79 Å². The van der Waals surface area contributed by atoms with Gasteiger partial charge in [0.1, 0.15) is 0 Å². The first kappa shape index (κ1) is 18.0. The Hall–Kier alpha value is -1.30. The number of rotatable bonds is 5. The zero-order chi connectivity index (χ0) is 16.9. The summed E-state index contributed by atoms with van der Waals surface area (Å²) in [6.07, 6.45) is 1.63. The molecule has 1 saturated heterocycles. The van der Waals surface area contributed by atoms with E-state index in [0.717, 1.165) is 18.4 Å². The standard InChI is InChI=1S/C17H25ClN2O3/c1-17(2)10-14(8-9-23-17)19-16(21)20-15(11-22-3)12-4-6-13(18)7-5-12/h4-7,14-15H,8-11H2,1-3H3,(H2,19,20,21). The lowest BCUT2D eigenvalue weighted by molar-refractivity contribution is -0.0611. The van der Waals surface area contributed by atoms with Gasteiger partial charge in [-0.2, -0.15) is 0 Å². The zero-order valence-corrected chi connectivity index (χ0v) is 14.7. The third kappa shape index (κ3) is 5.68. The molecule has 0 aromatic heterocycles. The Morgan fingerprint density at radius 1 is 1.43 bits per heavy atom. The molecular weight excluding hydrogens is 316 g/mol. The third-order valence-corrected chi connectivity index (χ3v) is 4.20. The lowest BCUT2D eigenvalue weighted by atomic mass is 9.94. The van der Waals surface area contributed by atoms with Crippen LogP contribution in [-0.2, 0) is 9.47 Å². The number of ether oxygens (including phenoxy) is 2. The van der Waals surface area contributed by atoms with Gasteiger partial charge in [-0.25, -0.2) is 4.79 Å². The topological polar surface area (TPSA) is 59.6 Å².